The molecule has 0 atom stereocenters. The Hall–Kier alpha value is -1.22. The lowest BCUT2D eigenvalue weighted by atomic mass is 10.2. The lowest BCUT2D eigenvalue weighted by Gasteiger charge is -2.03. The summed E-state index contributed by atoms with van der Waals surface area (Å²) in [5.74, 6) is 0. The van der Waals surface area contributed by atoms with Gasteiger partial charge in [0.1, 0.15) is 0 Å². The van der Waals surface area contributed by atoms with Crippen LogP contribution in [0, 0.1) is 6.92 Å². The van der Waals surface area contributed by atoms with E-state index in [4.69, 9.17) is 34.8 Å². The maximum absolute atomic E-state index is 6.02. The Bertz CT molecular complexity index is 624. The van der Waals surface area contributed by atoms with E-state index in [1.165, 1.54) is 0 Å². The molecule has 0 aliphatic heterocycles. The van der Waals surface area contributed by atoms with Crippen molar-refractivity contribution in [2.45, 2.75) is 6.92 Å². The molecule has 0 aliphatic rings. The first-order chi connectivity index (χ1) is 9.06. The second kappa shape index (κ2) is 6.29. The number of rotatable bonds is 3. The number of halogens is 3. The summed E-state index contributed by atoms with van der Waals surface area (Å²) in [6, 6.07) is 11.0. The van der Waals surface area contributed by atoms with Crippen molar-refractivity contribution in [3.63, 3.8) is 0 Å². The summed E-state index contributed by atoms with van der Waals surface area (Å²) in [7, 11) is 0. The van der Waals surface area contributed by atoms with E-state index in [0.717, 1.165) is 16.8 Å². The molecule has 0 unspecified atom stereocenters. The third kappa shape index (κ3) is 3.87. The van der Waals surface area contributed by atoms with Gasteiger partial charge >= 0.3 is 0 Å². The van der Waals surface area contributed by atoms with Gasteiger partial charge in [-0.3, -0.25) is 5.43 Å². The minimum Gasteiger partial charge on any atom is -0.278 e. The van der Waals surface area contributed by atoms with Crippen LogP contribution in [0.2, 0.25) is 15.1 Å². The molecule has 5 heteroatoms. The lowest BCUT2D eigenvalue weighted by molar-refractivity contribution is 1.34. The summed E-state index contributed by atoms with van der Waals surface area (Å²) < 4.78 is 0. The number of hydrogen-bond donors (Lipinski definition) is 1. The minimum atomic E-state index is 0.504. The van der Waals surface area contributed by atoms with E-state index in [2.05, 4.69) is 10.5 Å². The van der Waals surface area contributed by atoms with Crippen molar-refractivity contribution in [1.82, 2.24) is 0 Å². The van der Waals surface area contributed by atoms with Crippen LogP contribution in [0.15, 0.2) is 41.5 Å². The number of nitrogens with one attached hydrogen (secondary N) is 1. The fourth-order valence-corrected chi connectivity index (χ4v) is 1.92. The minimum absolute atomic E-state index is 0.504. The Morgan fingerprint density at radius 1 is 0.947 bits per heavy atom. The summed E-state index contributed by atoms with van der Waals surface area (Å²) >= 11 is 17.8. The van der Waals surface area contributed by atoms with Crippen LogP contribution in [0.3, 0.4) is 0 Å². The molecule has 0 saturated heterocycles. The Labute approximate surface area is 127 Å². The summed E-state index contributed by atoms with van der Waals surface area (Å²) in [5, 5.41) is 5.85. The van der Waals surface area contributed by atoms with Gasteiger partial charge in [0.25, 0.3) is 0 Å². The van der Waals surface area contributed by atoms with E-state index in [1.54, 1.807) is 18.3 Å². The standard InChI is InChI=1S/C14H11Cl3N2/c1-9-2-4-11(7-13(9)16)19-18-8-10-3-5-12(15)14(17)6-10/h2-8,19H,1H3/b18-8-. The molecule has 0 radical (unpaired) electrons. The first-order valence-corrected chi connectivity index (χ1v) is 6.70. The second-order valence-electron chi connectivity index (χ2n) is 4.01. The van der Waals surface area contributed by atoms with Crippen LogP contribution in [0.1, 0.15) is 11.1 Å². The molecule has 2 aromatic carbocycles. The molecule has 2 rings (SSSR count). The van der Waals surface area contributed by atoms with Crippen LogP contribution in [-0.4, -0.2) is 6.21 Å². The molecule has 0 aromatic heterocycles. The van der Waals surface area contributed by atoms with Gasteiger partial charge in [0.2, 0.25) is 0 Å². The maximum Gasteiger partial charge on any atom is 0.0598 e. The molecule has 98 valence electrons. The number of hydrazone groups is 1. The molecule has 0 saturated carbocycles. The highest BCUT2D eigenvalue weighted by Crippen LogP contribution is 2.22. The van der Waals surface area contributed by atoms with Crippen molar-refractivity contribution in [3.8, 4) is 0 Å². The normalized spacial score (nSPS) is 10.9. The van der Waals surface area contributed by atoms with Crippen molar-refractivity contribution in [2.24, 2.45) is 5.10 Å². The predicted molar refractivity (Wildman–Crippen MR) is 83.9 cm³/mol. The summed E-state index contributed by atoms with van der Waals surface area (Å²) in [6.45, 7) is 1.95. The number of nitrogens with zero attached hydrogens (tertiary/aromatic N) is 1. The van der Waals surface area contributed by atoms with Crippen LogP contribution < -0.4 is 5.43 Å². The SMILES string of the molecule is Cc1ccc(N/N=C\c2ccc(Cl)c(Cl)c2)cc1Cl. The average Bonchev–Trinajstić information content (AvgIpc) is 2.38. The second-order valence-corrected chi connectivity index (χ2v) is 5.23. The summed E-state index contributed by atoms with van der Waals surface area (Å²) in [4.78, 5) is 0. The van der Waals surface area contributed by atoms with Crippen LogP contribution in [0.4, 0.5) is 5.69 Å². The van der Waals surface area contributed by atoms with E-state index in [9.17, 15) is 0 Å². The van der Waals surface area contributed by atoms with Crippen molar-refractivity contribution < 1.29 is 0 Å². The number of aryl methyl sites for hydroxylation is 1. The number of benzene rings is 2. The molecular weight excluding hydrogens is 303 g/mol. The molecular formula is C14H11Cl3N2. The lowest BCUT2D eigenvalue weighted by Crippen LogP contribution is -1.91. The monoisotopic (exact) mass is 312 g/mol. The van der Waals surface area contributed by atoms with Gasteiger partial charge in [-0.2, -0.15) is 5.10 Å². The van der Waals surface area contributed by atoms with Gasteiger partial charge in [0.15, 0.2) is 0 Å². The fourth-order valence-electron chi connectivity index (χ4n) is 1.44. The van der Waals surface area contributed by atoms with Crippen molar-refractivity contribution >= 4 is 46.7 Å². The third-order valence-corrected chi connectivity index (χ3v) is 3.67. The molecule has 0 fully saturated rings. The number of anilines is 1. The molecule has 19 heavy (non-hydrogen) atoms. The summed E-state index contributed by atoms with van der Waals surface area (Å²) in [5.41, 5.74) is 5.62. The molecule has 2 aromatic rings. The maximum atomic E-state index is 6.02. The molecule has 1 N–H and O–H groups in total. The highest BCUT2D eigenvalue weighted by molar-refractivity contribution is 6.42. The van der Waals surface area contributed by atoms with Crippen molar-refractivity contribution in [1.29, 1.82) is 0 Å². The molecule has 0 heterocycles. The molecule has 0 spiro atoms. The average molecular weight is 314 g/mol. The highest BCUT2D eigenvalue weighted by Gasteiger charge is 1.98. The fraction of sp³-hybridized carbons (Fsp3) is 0.0714. The summed E-state index contributed by atoms with van der Waals surface area (Å²) in [6.07, 6.45) is 1.66. The largest absolute Gasteiger partial charge is 0.278 e. The van der Waals surface area contributed by atoms with E-state index >= 15 is 0 Å². The Balaban J connectivity index is 2.06. The molecule has 0 bridgehead atoms. The Morgan fingerprint density at radius 3 is 2.42 bits per heavy atom. The highest BCUT2D eigenvalue weighted by atomic mass is 35.5. The van der Waals surface area contributed by atoms with Crippen LogP contribution in [0.5, 0.6) is 0 Å². The van der Waals surface area contributed by atoms with Gasteiger partial charge in [-0.25, -0.2) is 0 Å². The van der Waals surface area contributed by atoms with Gasteiger partial charge in [-0.1, -0.05) is 46.9 Å². The van der Waals surface area contributed by atoms with Gasteiger partial charge in [0.05, 0.1) is 21.9 Å². The van der Waals surface area contributed by atoms with E-state index in [1.807, 2.05) is 31.2 Å². The number of hydrogen-bond acceptors (Lipinski definition) is 2. The van der Waals surface area contributed by atoms with Gasteiger partial charge < -0.3 is 0 Å². The van der Waals surface area contributed by atoms with Crippen molar-refractivity contribution in [2.75, 3.05) is 5.43 Å². The van der Waals surface area contributed by atoms with E-state index in [0.29, 0.717) is 15.1 Å². The molecule has 0 amide bonds. The Kier molecular flexibility index (Phi) is 4.70. The topological polar surface area (TPSA) is 24.4 Å². The quantitative estimate of drug-likeness (QED) is 0.595. The van der Waals surface area contributed by atoms with Crippen molar-refractivity contribution in [3.05, 3.63) is 62.6 Å². The zero-order chi connectivity index (χ0) is 13.8. The van der Waals surface area contributed by atoms with Crippen LogP contribution >= 0.6 is 34.8 Å². The molecule has 0 aliphatic carbocycles. The first kappa shape index (κ1) is 14.2. The molecule has 2 nitrogen and oxygen atoms in total. The predicted octanol–water partition coefficient (Wildman–Crippen LogP) is 5.40. The third-order valence-electron chi connectivity index (χ3n) is 2.52. The van der Waals surface area contributed by atoms with Gasteiger partial charge in [0, 0.05) is 5.02 Å². The van der Waals surface area contributed by atoms with E-state index in [-0.39, 0.29) is 0 Å². The van der Waals surface area contributed by atoms with Crippen LogP contribution in [0.25, 0.3) is 0 Å². The first-order valence-electron chi connectivity index (χ1n) is 5.56. The smallest absolute Gasteiger partial charge is 0.0598 e. The van der Waals surface area contributed by atoms with Crippen LogP contribution in [-0.2, 0) is 0 Å². The Morgan fingerprint density at radius 2 is 1.74 bits per heavy atom. The zero-order valence-corrected chi connectivity index (χ0v) is 12.4. The van der Waals surface area contributed by atoms with Gasteiger partial charge in [-0.15, -0.1) is 0 Å². The zero-order valence-electron chi connectivity index (χ0n) is 10.1. The van der Waals surface area contributed by atoms with E-state index < -0.39 is 0 Å². The van der Waals surface area contributed by atoms with Gasteiger partial charge in [-0.05, 0) is 42.3 Å².